The van der Waals surface area contributed by atoms with Gasteiger partial charge in [0, 0.05) is 25.7 Å². The van der Waals surface area contributed by atoms with Crippen molar-refractivity contribution < 1.29 is 38.9 Å². The zero-order valence-electron chi connectivity index (χ0n) is 19.0. The highest BCUT2D eigenvalue weighted by Crippen LogP contribution is 2.71. The van der Waals surface area contributed by atoms with Crippen LogP contribution in [0.15, 0.2) is 12.2 Å². The molecule has 0 aromatic rings. The van der Waals surface area contributed by atoms with Crippen LogP contribution in [0.4, 0.5) is 0 Å². The van der Waals surface area contributed by atoms with E-state index in [9.17, 15) is 29.4 Å². The van der Waals surface area contributed by atoms with Crippen molar-refractivity contribution in [1.29, 1.82) is 0 Å². The number of ketones is 1. The molecule has 9 atom stereocenters. The van der Waals surface area contributed by atoms with Gasteiger partial charge in [0.1, 0.15) is 18.5 Å². The van der Waals surface area contributed by atoms with Crippen LogP contribution < -0.4 is 0 Å². The summed E-state index contributed by atoms with van der Waals surface area (Å²) in [5.41, 5.74) is -3.42. The van der Waals surface area contributed by atoms with Gasteiger partial charge in [-0.3, -0.25) is 14.4 Å². The van der Waals surface area contributed by atoms with Crippen molar-refractivity contribution in [3.05, 3.63) is 12.2 Å². The Bertz CT molecular complexity index is 892. The van der Waals surface area contributed by atoms with E-state index in [1.165, 1.54) is 13.8 Å². The topological polar surface area (TPSA) is 127 Å². The fourth-order valence-corrected chi connectivity index (χ4v) is 7.79. The van der Waals surface area contributed by atoms with Gasteiger partial charge in [0.05, 0.1) is 23.0 Å². The van der Waals surface area contributed by atoms with E-state index in [-0.39, 0.29) is 18.4 Å². The maximum absolute atomic E-state index is 13.6. The molecule has 4 rings (SSSR count). The Morgan fingerprint density at radius 1 is 1.12 bits per heavy atom. The van der Waals surface area contributed by atoms with E-state index in [1.54, 1.807) is 0 Å². The Balaban J connectivity index is 2.02. The van der Waals surface area contributed by atoms with Gasteiger partial charge in [0.2, 0.25) is 0 Å². The summed E-state index contributed by atoms with van der Waals surface area (Å²) < 4.78 is 11.4. The monoisotopic (exact) mass is 448 g/mol. The predicted octanol–water partition coefficient (Wildman–Crippen LogP) is 1.36. The summed E-state index contributed by atoms with van der Waals surface area (Å²) in [5, 5.41) is 22.8. The smallest absolute Gasteiger partial charge is 0.302 e. The normalized spacial score (nSPS) is 46.6. The SMILES string of the molecule is C=C1C(=O)[C@@]23[C@H](O)C[C@@H]4C(C)(C)CC[C@@H](OC(C)=O)[C@@]4(C=O)[C@@H]2[C@@H](OC(C)=O)C[C@@H]1[C@H]3O. The molecule has 0 radical (unpaired) electrons. The number of Topliss-reactive ketones (excluding diaryl/α,β-unsaturated/α-hetero) is 1. The fourth-order valence-electron chi connectivity index (χ4n) is 7.79. The van der Waals surface area contributed by atoms with Gasteiger partial charge in [-0.25, -0.2) is 0 Å². The second-order valence-electron chi connectivity index (χ2n) is 10.7. The summed E-state index contributed by atoms with van der Waals surface area (Å²) in [5.74, 6) is -3.83. The maximum atomic E-state index is 13.6. The predicted molar refractivity (Wildman–Crippen MR) is 111 cm³/mol. The highest BCUT2D eigenvalue weighted by Gasteiger charge is 2.79. The molecule has 4 aliphatic carbocycles. The quantitative estimate of drug-likeness (QED) is 0.376. The molecule has 4 aliphatic rings. The first-order valence-corrected chi connectivity index (χ1v) is 11.3. The molecule has 0 aromatic carbocycles. The summed E-state index contributed by atoms with van der Waals surface area (Å²) in [4.78, 5) is 50.8. The van der Waals surface area contributed by atoms with Crippen LogP contribution in [-0.2, 0) is 28.7 Å². The second-order valence-corrected chi connectivity index (χ2v) is 10.7. The third kappa shape index (κ3) is 2.68. The fraction of sp³-hybridized carbons (Fsp3) is 0.750. The highest BCUT2D eigenvalue weighted by atomic mass is 16.6. The molecule has 0 heterocycles. The first-order valence-electron chi connectivity index (χ1n) is 11.3. The lowest BCUT2D eigenvalue weighted by molar-refractivity contribution is -0.271. The Labute approximate surface area is 187 Å². The van der Waals surface area contributed by atoms with E-state index in [0.717, 1.165) is 6.29 Å². The molecule has 0 amide bonds. The molecule has 0 aromatic heterocycles. The molecule has 2 N–H and O–H groups in total. The molecular weight excluding hydrogens is 416 g/mol. The molecule has 32 heavy (non-hydrogen) atoms. The number of aldehydes is 1. The molecule has 0 saturated heterocycles. The van der Waals surface area contributed by atoms with Gasteiger partial charge < -0.3 is 24.5 Å². The summed E-state index contributed by atoms with van der Waals surface area (Å²) in [6, 6.07) is 0. The van der Waals surface area contributed by atoms with Crippen LogP contribution in [0.2, 0.25) is 0 Å². The molecule has 1 spiro atoms. The van der Waals surface area contributed by atoms with E-state index in [1.807, 2.05) is 13.8 Å². The van der Waals surface area contributed by atoms with Gasteiger partial charge in [0.25, 0.3) is 0 Å². The number of carbonyl (C=O) groups is 4. The molecule has 8 heteroatoms. The van der Waals surface area contributed by atoms with Crippen LogP contribution in [0.25, 0.3) is 0 Å². The third-order valence-corrected chi connectivity index (χ3v) is 8.91. The van der Waals surface area contributed by atoms with Crippen molar-refractivity contribution >= 4 is 24.0 Å². The van der Waals surface area contributed by atoms with Crippen molar-refractivity contribution in [3.8, 4) is 0 Å². The van der Waals surface area contributed by atoms with Crippen LogP contribution in [0.1, 0.15) is 53.4 Å². The number of aliphatic hydroxyl groups is 2. The number of hydrogen-bond acceptors (Lipinski definition) is 8. The first kappa shape index (κ1) is 23.1. The van der Waals surface area contributed by atoms with Crippen LogP contribution in [-0.4, -0.2) is 58.6 Å². The van der Waals surface area contributed by atoms with E-state index in [0.29, 0.717) is 12.8 Å². The number of fused-ring (bicyclic) bond motifs is 3. The van der Waals surface area contributed by atoms with Crippen molar-refractivity contribution in [1.82, 2.24) is 0 Å². The van der Waals surface area contributed by atoms with Gasteiger partial charge in [-0.05, 0) is 42.6 Å². The summed E-state index contributed by atoms with van der Waals surface area (Å²) in [6.07, 6.45) is -2.36. The van der Waals surface area contributed by atoms with Crippen molar-refractivity contribution in [3.63, 3.8) is 0 Å². The Morgan fingerprint density at radius 2 is 1.75 bits per heavy atom. The first-order chi connectivity index (χ1) is 14.8. The number of ether oxygens (including phenoxy) is 2. The molecule has 0 unspecified atom stereocenters. The lowest BCUT2D eigenvalue weighted by Crippen LogP contribution is -2.74. The molecule has 0 aliphatic heterocycles. The van der Waals surface area contributed by atoms with Crippen LogP contribution in [0.5, 0.6) is 0 Å². The standard InChI is InChI=1S/C24H32O8/c1-11-14-8-15(31-12(2)26)19-23(10-25)16(9-17(28)24(19,20(11)29)21(14)30)22(4,5)7-6-18(23)32-13(3)27/h10,14-19,21,28,30H,1,6-9H2,2-5H3/t14-,15-,16+,17+,18+,19-,21+,23-,24+/m0/s1. The number of esters is 2. The van der Waals surface area contributed by atoms with Crippen LogP contribution in [0, 0.1) is 34.0 Å². The largest absolute Gasteiger partial charge is 0.462 e. The van der Waals surface area contributed by atoms with Gasteiger partial charge in [0.15, 0.2) is 5.78 Å². The van der Waals surface area contributed by atoms with E-state index < -0.39 is 76.1 Å². The molecular formula is C24H32O8. The Morgan fingerprint density at radius 3 is 2.31 bits per heavy atom. The molecule has 4 fully saturated rings. The highest BCUT2D eigenvalue weighted by molar-refractivity contribution is 6.05. The third-order valence-electron chi connectivity index (χ3n) is 8.91. The van der Waals surface area contributed by atoms with Crippen LogP contribution >= 0.6 is 0 Å². The van der Waals surface area contributed by atoms with E-state index in [4.69, 9.17) is 9.47 Å². The summed E-state index contributed by atoms with van der Waals surface area (Å²) in [6.45, 7) is 10.4. The number of aliphatic hydroxyl groups excluding tert-OH is 2. The lowest BCUT2D eigenvalue weighted by Gasteiger charge is -2.66. The Kier molecular flexibility index (Phi) is 5.21. The van der Waals surface area contributed by atoms with Crippen molar-refractivity contribution in [2.45, 2.75) is 77.8 Å². The van der Waals surface area contributed by atoms with Crippen molar-refractivity contribution in [2.75, 3.05) is 0 Å². The number of rotatable bonds is 3. The van der Waals surface area contributed by atoms with E-state index in [2.05, 4.69) is 6.58 Å². The van der Waals surface area contributed by atoms with Gasteiger partial charge in [-0.15, -0.1) is 0 Å². The molecule has 2 bridgehead atoms. The molecule has 176 valence electrons. The average Bonchev–Trinajstić information content (AvgIpc) is 2.80. The lowest BCUT2D eigenvalue weighted by atomic mass is 9.38. The number of carbonyl (C=O) groups excluding carboxylic acids is 4. The summed E-state index contributed by atoms with van der Waals surface area (Å²) in [7, 11) is 0. The minimum absolute atomic E-state index is 0.0790. The van der Waals surface area contributed by atoms with Crippen molar-refractivity contribution in [2.24, 2.45) is 34.0 Å². The zero-order chi connectivity index (χ0) is 23.8. The maximum Gasteiger partial charge on any atom is 0.302 e. The number of hydrogen-bond donors (Lipinski definition) is 2. The minimum atomic E-state index is -1.75. The average molecular weight is 449 g/mol. The Hall–Kier alpha value is -2.06. The van der Waals surface area contributed by atoms with Crippen LogP contribution in [0.3, 0.4) is 0 Å². The summed E-state index contributed by atoms with van der Waals surface area (Å²) >= 11 is 0. The zero-order valence-corrected chi connectivity index (χ0v) is 19.0. The second kappa shape index (κ2) is 7.22. The molecule has 4 saturated carbocycles. The minimum Gasteiger partial charge on any atom is -0.462 e. The van der Waals surface area contributed by atoms with E-state index >= 15 is 0 Å². The van der Waals surface area contributed by atoms with Gasteiger partial charge in [-0.1, -0.05) is 20.4 Å². The van der Waals surface area contributed by atoms with Gasteiger partial charge in [-0.2, -0.15) is 0 Å². The van der Waals surface area contributed by atoms with Gasteiger partial charge >= 0.3 is 11.9 Å². The molecule has 8 nitrogen and oxygen atoms in total.